The van der Waals surface area contributed by atoms with Gasteiger partial charge in [0.15, 0.2) is 0 Å². The smallest absolute Gasteiger partial charge is 0.123 e. The molecule has 1 aliphatic rings. The maximum Gasteiger partial charge on any atom is 0.123 e. The lowest BCUT2D eigenvalue weighted by Crippen LogP contribution is -2.17. The average Bonchev–Trinajstić information content (AvgIpc) is 2.03. The summed E-state index contributed by atoms with van der Waals surface area (Å²) in [7, 11) is 0. The first-order chi connectivity index (χ1) is 5.74. The normalized spacial score (nSPS) is 38.3. The Bertz CT molecular complexity index is 142. The SMILES string of the molecule is CC1CCCC(C)C(C=O)CC1. The molecule has 1 heteroatoms. The van der Waals surface area contributed by atoms with Crippen LogP contribution in [0.4, 0.5) is 0 Å². The monoisotopic (exact) mass is 168 g/mol. The third kappa shape index (κ3) is 2.62. The zero-order chi connectivity index (χ0) is 8.97. The van der Waals surface area contributed by atoms with Crippen molar-refractivity contribution in [3.63, 3.8) is 0 Å². The van der Waals surface area contributed by atoms with E-state index in [0.29, 0.717) is 11.8 Å². The topological polar surface area (TPSA) is 17.1 Å². The Hall–Kier alpha value is -0.330. The molecule has 3 atom stereocenters. The van der Waals surface area contributed by atoms with Gasteiger partial charge in [0.25, 0.3) is 0 Å². The molecule has 1 saturated carbocycles. The minimum atomic E-state index is 0.341. The number of rotatable bonds is 1. The van der Waals surface area contributed by atoms with Crippen molar-refractivity contribution in [1.82, 2.24) is 0 Å². The second-order valence-electron chi connectivity index (χ2n) is 4.39. The molecule has 1 fully saturated rings. The van der Waals surface area contributed by atoms with Gasteiger partial charge in [-0.1, -0.05) is 39.5 Å². The van der Waals surface area contributed by atoms with E-state index in [1.807, 2.05) is 0 Å². The number of hydrogen-bond acceptors (Lipinski definition) is 1. The van der Waals surface area contributed by atoms with E-state index in [9.17, 15) is 4.79 Å². The zero-order valence-electron chi connectivity index (χ0n) is 8.25. The lowest BCUT2D eigenvalue weighted by molar-refractivity contribution is -0.112. The summed E-state index contributed by atoms with van der Waals surface area (Å²) in [5.74, 6) is 1.79. The molecule has 0 N–H and O–H groups in total. The van der Waals surface area contributed by atoms with Gasteiger partial charge in [0.2, 0.25) is 0 Å². The predicted octanol–water partition coefficient (Wildman–Crippen LogP) is 3.04. The molecule has 0 aromatic carbocycles. The molecule has 0 bridgehead atoms. The third-order valence-electron chi connectivity index (χ3n) is 3.25. The van der Waals surface area contributed by atoms with Gasteiger partial charge in [0.05, 0.1) is 0 Å². The van der Waals surface area contributed by atoms with E-state index in [-0.39, 0.29) is 0 Å². The molecular formula is C11H20O. The maximum atomic E-state index is 10.7. The molecule has 0 aliphatic heterocycles. The van der Waals surface area contributed by atoms with Gasteiger partial charge in [-0.05, 0) is 18.3 Å². The van der Waals surface area contributed by atoms with Gasteiger partial charge in [-0.3, -0.25) is 0 Å². The third-order valence-corrected chi connectivity index (χ3v) is 3.25. The van der Waals surface area contributed by atoms with E-state index in [1.54, 1.807) is 0 Å². The van der Waals surface area contributed by atoms with Gasteiger partial charge in [-0.15, -0.1) is 0 Å². The van der Waals surface area contributed by atoms with Gasteiger partial charge in [-0.2, -0.15) is 0 Å². The van der Waals surface area contributed by atoms with Crippen LogP contribution < -0.4 is 0 Å². The Kier molecular flexibility index (Phi) is 3.77. The quantitative estimate of drug-likeness (QED) is 0.550. The van der Waals surface area contributed by atoms with Crippen molar-refractivity contribution in [2.75, 3.05) is 0 Å². The van der Waals surface area contributed by atoms with E-state index in [0.717, 1.165) is 12.3 Å². The first-order valence-electron chi connectivity index (χ1n) is 5.19. The van der Waals surface area contributed by atoms with Crippen molar-refractivity contribution in [3.05, 3.63) is 0 Å². The molecule has 0 saturated heterocycles. The summed E-state index contributed by atoms with van der Waals surface area (Å²) in [4.78, 5) is 10.7. The lowest BCUT2D eigenvalue weighted by Gasteiger charge is -2.24. The molecule has 0 amide bonds. The average molecular weight is 168 g/mol. The standard InChI is InChI=1S/C11H20O/c1-9-4-3-5-10(2)11(8-12)7-6-9/h8-11H,3-7H2,1-2H3. The van der Waals surface area contributed by atoms with Crippen LogP contribution in [-0.4, -0.2) is 6.29 Å². The van der Waals surface area contributed by atoms with E-state index in [4.69, 9.17) is 0 Å². The van der Waals surface area contributed by atoms with Crippen LogP contribution in [0.1, 0.15) is 46.0 Å². The largest absolute Gasteiger partial charge is 0.303 e. The van der Waals surface area contributed by atoms with E-state index >= 15 is 0 Å². The highest BCUT2D eigenvalue weighted by atomic mass is 16.1. The van der Waals surface area contributed by atoms with Crippen molar-refractivity contribution in [1.29, 1.82) is 0 Å². The highest BCUT2D eigenvalue weighted by Gasteiger charge is 2.20. The molecule has 0 aromatic rings. The number of carbonyl (C=O) groups is 1. The second kappa shape index (κ2) is 4.64. The molecule has 0 spiro atoms. The Labute approximate surface area is 75.5 Å². The molecule has 1 nitrogen and oxygen atoms in total. The fourth-order valence-electron chi connectivity index (χ4n) is 2.11. The second-order valence-corrected chi connectivity index (χ2v) is 4.39. The van der Waals surface area contributed by atoms with Crippen LogP contribution in [0.25, 0.3) is 0 Å². The van der Waals surface area contributed by atoms with Crippen LogP contribution in [0.15, 0.2) is 0 Å². The highest BCUT2D eigenvalue weighted by molar-refractivity contribution is 5.53. The van der Waals surface area contributed by atoms with Gasteiger partial charge in [0, 0.05) is 5.92 Å². The van der Waals surface area contributed by atoms with E-state index < -0.39 is 0 Å². The summed E-state index contributed by atoms with van der Waals surface area (Å²) < 4.78 is 0. The Morgan fingerprint density at radius 3 is 2.50 bits per heavy atom. The number of aldehydes is 1. The van der Waals surface area contributed by atoms with Crippen LogP contribution >= 0.6 is 0 Å². The van der Waals surface area contributed by atoms with Crippen molar-refractivity contribution in [2.45, 2.75) is 46.0 Å². The summed E-state index contributed by atoms with van der Waals surface area (Å²) in [6.45, 7) is 4.52. The predicted molar refractivity (Wildman–Crippen MR) is 51.0 cm³/mol. The summed E-state index contributed by atoms with van der Waals surface area (Å²) in [5.41, 5.74) is 0. The summed E-state index contributed by atoms with van der Waals surface area (Å²) in [6, 6.07) is 0. The van der Waals surface area contributed by atoms with Crippen molar-refractivity contribution < 1.29 is 4.79 Å². The zero-order valence-corrected chi connectivity index (χ0v) is 8.25. The molecule has 70 valence electrons. The van der Waals surface area contributed by atoms with Crippen LogP contribution in [-0.2, 0) is 4.79 Å². The molecule has 1 rings (SSSR count). The Balaban J connectivity index is 2.44. The van der Waals surface area contributed by atoms with Crippen molar-refractivity contribution in [2.24, 2.45) is 17.8 Å². The minimum Gasteiger partial charge on any atom is -0.303 e. The van der Waals surface area contributed by atoms with Crippen LogP contribution in [0.2, 0.25) is 0 Å². The van der Waals surface area contributed by atoms with Crippen LogP contribution in [0.3, 0.4) is 0 Å². The molecule has 0 radical (unpaired) electrons. The Morgan fingerprint density at radius 1 is 1.08 bits per heavy atom. The molecule has 0 heterocycles. The van der Waals surface area contributed by atoms with Gasteiger partial charge in [0.1, 0.15) is 6.29 Å². The fraction of sp³-hybridized carbons (Fsp3) is 0.909. The molecule has 0 aromatic heterocycles. The van der Waals surface area contributed by atoms with E-state index in [1.165, 1.54) is 32.0 Å². The minimum absolute atomic E-state index is 0.341. The van der Waals surface area contributed by atoms with Gasteiger partial charge < -0.3 is 4.79 Å². The first-order valence-corrected chi connectivity index (χ1v) is 5.19. The molecule has 1 aliphatic carbocycles. The van der Waals surface area contributed by atoms with Crippen LogP contribution in [0.5, 0.6) is 0 Å². The lowest BCUT2D eigenvalue weighted by atomic mass is 9.81. The van der Waals surface area contributed by atoms with Gasteiger partial charge >= 0.3 is 0 Å². The first kappa shape index (κ1) is 9.76. The highest BCUT2D eigenvalue weighted by Crippen LogP contribution is 2.28. The summed E-state index contributed by atoms with van der Waals surface area (Å²) in [6.07, 6.45) is 7.44. The van der Waals surface area contributed by atoms with Crippen molar-refractivity contribution in [3.8, 4) is 0 Å². The van der Waals surface area contributed by atoms with E-state index in [2.05, 4.69) is 13.8 Å². The molecule has 3 unspecified atom stereocenters. The molecular weight excluding hydrogens is 148 g/mol. The number of hydrogen-bond donors (Lipinski definition) is 0. The summed E-state index contributed by atoms with van der Waals surface area (Å²) >= 11 is 0. The summed E-state index contributed by atoms with van der Waals surface area (Å²) in [5, 5.41) is 0. The molecule has 12 heavy (non-hydrogen) atoms. The van der Waals surface area contributed by atoms with Crippen LogP contribution in [0, 0.1) is 17.8 Å². The number of carbonyl (C=O) groups excluding carboxylic acids is 1. The maximum absolute atomic E-state index is 10.7. The van der Waals surface area contributed by atoms with Crippen molar-refractivity contribution >= 4 is 6.29 Å². The van der Waals surface area contributed by atoms with Gasteiger partial charge in [-0.25, -0.2) is 0 Å². The Morgan fingerprint density at radius 2 is 1.83 bits per heavy atom. The fourth-order valence-corrected chi connectivity index (χ4v) is 2.11.